The Kier molecular flexibility index (Phi) is 8.56. The van der Waals surface area contributed by atoms with Crippen molar-refractivity contribution in [3.63, 3.8) is 0 Å². The summed E-state index contributed by atoms with van der Waals surface area (Å²) < 4.78 is 10.8. The van der Waals surface area contributed by atoms with E-state index in [9.17, 15) is 9.59 Å². The summed E-state index contributed by atoms with van der Waals surface area (Å²) in [6, 6.07) is -0.532. The highest BCUT2D eigenvalue weighted by Crippen LogP contribution is 2.21. The molecule has 0 saturated carbocycles. The highest BCUT2D eigenvalue weighted by atomic mass is 16.6. The van der Waals surface area contributed by atoms with Gasteiger partial charge >= 0.3 is 6.09 Å². The number of amides is 2. The lowest BCUT2D eigenvalue weighted by Gasteiger charge is -2.38. The molecule has 162 valence electrons. The van der Waals surface area contributed by atoms with Gasteiger partial charge < -0.3 is 19.7 Å². The second-order valence-electron chi connectivity index (χ2n) is 9.19. The Morgan fingerprint density at radius 2 is 1.75 bits per heavy atom. The van der Waals surface area contributed by atoms with Crippen molar-refractivity contribution in [3.05, 3.63) is 0 Å². The molecule has 2 aliphatic heterocycles. The van der Waals surface area contributed by atoms with E-state index in [1.165, 1.54) is 0 Å². The van der Waals surface area contributed by atoms with Crippen LogP contribution < -0.4 is 5.32 Å². The van der Waals surface area contributed by atoms with Crippen molar-refractivity contribution in [2.45, 2.75) is 65.5 Å². The zero-order valence-corrected chi connectivity index (χ0v) is 18.3. The highest BCUT2D eigenvalue weighted by Gasteiger charge is 2.33. The van der Waals surface area contributed by atoms with Crippen LogP contribution in [0.4, 0.5) is 4.79 Å². The van der Waals surface area contributed by atoms with Crippen molar-refractivity contribution < 1.29 is 19.1 Å². The number of carbonyl (C=O) groups is 2. The molecule has 0 bridgehead atoms. The number of hydrogen-bond acceptors (Lipinski definition) is 5. The Hall–Kier alpha value is -1.34. The molecule has 0 aromatic carbocycles. The lowest BCUT2D eigenvalue weighted by Crippen LogP contribution is -2.54. The molecule has 2 aliphatic rings. The smallest absolute Gasteiger partial charge is 0.408 e. The van der Waals surface area contributed by atoms with E-state index in [1.807, 2.05) is 39.5 Å². The number of hydrogen-bond donors (Lipinski definition) is 1. The quantitative estimate of drug-likeness (QED) is 0.746. The van der Waals surface area contributed by atoms with Crippen LogP contribution >= 0.6 is 0 Å². The summed E-state index contributed by atoms with van der Waals surface area (Å²) in [4.78, 5) is 29.7. The second kappa shape index (κ2) is 10.4. The normalized spacial score (nSPS) is 21.8. The van der Waals surface area contributed by atoms with Crippen molar-refractivity contribution in [3.8, 4) is 0 Å². The molecule has 2 atom stereocenters. The Balaban J connectivity index is 1.87. The van der Waals surface area contributed by atoms with Crippen molar-refractivity contribution in [1.29, 1.82) is 0 Å². The van der Waals surface area contributed by atoms with Gasteiger partial charge in [-0.2, -0.15) is 0 Å². The van der Waals surface area contributed by atoms with Crippen LogP contribution in [-0.2, 0) is 14.3 Å². The monoisotopic (exact) mass is 397 g/mol. The largest absolute Gasteiger partial charge is 0.444 e. The standard InChI is InChI=1S/C21H39N3O4/c1-6-16(2)18(22-20(26)28-21(3,4)5)19(25)24-9-7-17(8-10-24)15-23-11-13-27-14-12-23/h16-18H,6-15H2,1-5H3,(H,22,26). The summed E-state index contributed by atoms with van der Waals surface area (Å²) in [5, 5.41) is 2.82. The fourth-order valence-electron chi connectivity index (χ4n) is 3.80. The molecule has 2 rings (SSSR count). The van der Waals surface area contributed by atoms with Crippen LogP contribution in [0, 0.1) is 11.8 Å². The van der Waals surface area contributed by atoms with Crippen LogP contribution in [0.3, 0.4) is 0 Å². The third kappa shape index (κ3) is 7.24. The Morgan fingerprint density at radius 1 is 1.14 bits per heavy atom. The first-order chi connectivity index (χ1) is 13.2. The molecular weight excluding hydrogens is 358 g/mol. The molecule has 0 radical (unpaired) electrons. The summed E-state index contributed by atoms with van der Waals surface area (Å²) in [7, 11) is 0. The van der Waals surface area contributed by atoms with Crippen LogP contribution in [0.5, 0.6) is 0 Å². The third-order valence-corrected chi connectivity index (χ3v) is 5.70. The lowest BCUT2D eigenvalue weighted by atomic mass is 9.93. The van der Waals surface area contributed by atoms with Gasteiger partial charge in [0.25, 0.3) is 0 Å². The second-order valence-corrected chi connectivity index (χ2v) is 9.19. The number of morpholine rings is 1. The summed E-state index contributed by atoms with van der Waals surface area (Å²) in [5.41, 5.74) is -0.578. The van der Waals surface area contributed by atoms with Gasteiger partial charge in [-0.05, 0) is 45.4 Å². The zero-order chi connectivity index (χ0) is 20.7. The molecule has 2 saturated heterocycles. The molecule has 0 aliphatic carbocycles. The minimum absolute atomic E-state index is 0.0185. The van der Waals surface area contributed by atoms with E-state index in [1.54, 1.807) is 0 Å². The number of nitrogens with one attached hydrogen (secondary N) is 1. The van der Waals surface area contributed by atoms with Crippen molar-refractivity contribution in [2.75, 3.05) is 45.9 Å². The molecular formula is C21H39N3O4. The summed E-state index contributed by atoms with van der Waals surface area (Å²) in [6.07, 6.45) is 2.33. The molecule has 0 aromatic rings. The minimum Gasteiger partial charge on any atom is -0.444 e. The van der Waals surface area contributed by atoms with E-state index in [2.05, 4.69) is 10.2 Å². The predicted molar refractivity (Wildman–Crippen MR) is 109 cm³/mol. The number of rotatable bonds is 6. The molecule has 2 heterocycles. The Bertz CT molecular complexity index is 506. The van der Waals surface area contributed by atoms with E-state index in [0.717, 1.165) is 65.2 Å². The first-order valence-electron chi connectivity index (χ1n) is 10.8. The summed E-state index contributed by atoms with van der Waals surface area (Å²) in [5.74, 6) is 0.708. The molecule has 7 heteroatoms. The van der Waals surface area contributed by atoms with Crippen molar-refractivity contribution >= 4 is 12.0 Å². The van der Waals surface area contributed by atoms with Crippen molar-refractivity contribution in [2.24, 2.45) is 11.8 Å². The maximum absolute atomic E-state index is 13.1. The number of piperidine rings is 1. The van der Waals surface area contributed by atoms with Gasteiger partial charge in [0.1, 0.15) is 11.6 Å². The fraction of sp³-hybridized carbons (Fsp3) is 0.905. The van der Waals surface area contributed by atoms with Crippen LogP contribution in [0.25, 0.3) is 0 Å². The Labute approximate surface area is 170 Å². The van der Waals surface area contributed by atoms with E-state index in [4.69, 9.17) is 9.47 Å². The predicted octanol–water partition coefficient (Wildman–Crippen LogP) is 2.50. The van der Waals surface area contributed by atoms with Gasteiger partial charge in [-0.3, -0.25) is 9.69 Å². The SMILES string of the molecule is CCC(C)C(NC(=O)OC(C)(C)C)C(=O)N1CCC(CN2CCOCC2)CC1. The van der Waals surface area contributed by atoms with E-state index >= 15 is 0 Å². The fourth-order valence-corrected chi connectivity index (χ4v) is 3.80. The van der Waals surface area contributed by atoms with Gasteiger partial charge in [0.05, 0.1) is 13.2 Å². The molecule has 7 nitrogen and oxygen atoms in total. The third-order valence-electron chi connectivity index (χ3n) is 5.70. The van der Waals surface area contributed by atoms with Gasteiger partial charge in [-0.1, -0.05) is 20.3 Å². The summed E-state index contributed by atoms with van der Waals surface area (Å²) in [6.45, 7) is 15.8. The molecule has 2 fully saturated rings. The van der Waals surface area contributed by atoms with E-state index < -0.39 is 17.7 Å². The number of nitrogens with zero attached hydrogens (tertiary/aromatic N) is 2. The van der Waals surface area contributed by atoms with Gasteiger partial charge in [-0.25, -0.2) is 4.79 Å². The van der Waals surface area contributed by atoms with Crippen LogP contribution in [-0.4, -0.2) is 79.4 Å². The number of alkyl carbamates (subject to hydrolysis) is 1. The van der Waals surface area contributed by atoms with Gasteiger partial charge in [-0.15, -0.1) is 0 Å². The lowest BCUT2D eigenvalue weighted by molar-refractivity contribution is -0.136. The van der Waals surface area contributed by atoms with Crippen LogP contribution in [0.2, 0.25) is 0 Å². The zero-order valence-electron chi connectivity index (χ0n) is 18.3. The van der Waals surface area contributed by atoms with Crippen molar-refractivity contribution in [1.82, 2.24) is 15.1 Å². The summed E-state index contributed by atoms with van der Waals surface area (Å²) >= 11 is 0. The Morgan fingerprint density at radius 3 is 2.29 bits per heavy atom. The van der Waals surface area contributed by atoms with Gasteiger partial charge in [0, 0.05) is 32.7 Å². The van der Waals surface area contributed by atoms with Crippen LogP contribution in [0.1, 0.15) is 53.9 Å². The maximum atomic E-state index is 13.1. The minimum atomic E-state index is -0.578. The first-order valence-corrected chi connectivity index (χ1v) is 10.8. The molecule has 28 heavy (non-hydrogen) atoms. The topological polar surface area (TPSA) is 71.1 Å². The van der Waals surface area contributed by atoms with Crippen LogP contribution in [0.15, 0.2) is 0 Å². The molecule has 1 N–H and O–H groups in total. The molecule has 0 spiro atoms. The number of likely N-dealkylation sites (tertiary alicyclic amines) is 1. The number of carbonyl (C=O) groups excluding carboxylic acids is 2. The average molecular weight is 398 g/mol. The highest BCUT2D eigenvalue weighted by molar-refractivity contribution is 5.86. The van der Waals surface area contributed by atoms with Gasteiger partial charge in [0.15, 0.2) is 0 Å². The maximum Gasteiger partial charge on any atom is 0.408 e. The first kappa shape index (κ1) is 22.9. The van der Waals surface area contributed by atoms with E-state index in [0.29, 0.717) is 5.92 Å². The van der Waals surface area contributed by atoms with E-state index in [-0.39, 0.29) is 11.8 Å². The number of ether oxygens (including phenoxy) is 2. The average Bonchev–Trinajstić information content (AvgIpc) is 2.65. The molecule has 0 aromatic heterocycles. The molecule has 2 unspecified atom stereocenters. The molecule has 2 amide bonds. The van der Waals surface area contributed by atoms with Gasteiger partial charge in [0.2, 0.25) is 5.91 Å².